The maximum Gasteiger partial charge on any atom is 0.355 e. The van der Waals surface area contributed by atoms with E-state index in [0.717, 1.165) is 0 Å². The highest BCUT2D eigenvalue weighted by Crippen LogP contribution is 2.15. The maximum atomic E-state index is 12.5. The molecule has 0 spiro atoms. The van der Waals surface area contributed by atoms with E-state index in [9.17, 15) is 19.2 Å². The van der Waals surface area contributed by atoms with Crippen LogP contribution in [0.25, 0.3) is 6.08 Å². The van der Waals surface area contributed by atoms with Crippen molar-refractivity contribution in [1.82, 2.24) is 16.0 Å². The van der Waals surface area contributed by atoms with Crippen molar-refractivity contribution in [3.63, 3.8) is 0 Å². The van der Waals surface area contributed by atoms with Crippen molar-refractivity contribution in [3.05, 3.63) is 52.9 Å². The number of nitrogens with one attached hydrogen (secondary N) is 3. The molecule has 1 aromatic carbocycles. The van der Waals surface area contributed by atoms with Crippen LogP contribution in [0, 0.1) is 0 Å². The average Bonchev–Trinajstić information content (AvgIpc) is 2.65. The van der Waals surface area contributed by atoms with Crippen molar-refractivity contribution in [2.24, 2.45) is 0 Å². The molecule has 1 atom stereocenters. The van der Waals surface area contributed by atoms with Crippen LogP contribution in [-0.2, 0) is 23.9 Å². The molecule has 1 heterocycles. The van der Waals surface area contributed by atoms with Crippen LogP contribution in [0.4, 0.5) is 4.79 Å². The second-order valence-electron chi connectivity index (χ2n) is 6.16. The minimum Gasteiger partial charge on any atom is -0.463 e. The Labute approximate surface area is 168 Å². The molecular weight excluding hydrogens is 378 g/mol. The van der Waals surface area contributed by atoms with Crippen molar-refractivity contribution in [3.8, 4) is 0 Å². The molecular formula is C20H23N3O6. The van der Waals surface area contributed by atoms with E-state index in [4.69, 9.17) is 9.47 Å². The Morgan fingerprint density at radius 1 is 1.17 bits per heavy atom. The number of ether oxygens (including phenoxy) is 2. The zero-order chi connectivity index (χ0) is 21.4. The van der Waals surface area contributed by atoms with Crippen molar-refractivity contribution in [2.75, 3.05) is 13.2 Å². The van der Waals surface area contributed by atoms with Gasteiger partial charge in [-0.2, -0.15) is 0 Å². The molecule has 3 N–H and O–H groups in total. The maximum absolute atomic E-state index is 12.5. The normalized spacial score (nSPS) is 16.4. The first-order chi connectivity index (χ1) is 13.8. The van der Waals surface area contributed by atoms with Crippen LogP contribution in [0.15, 0.2) is 47.3 Å². The summed E-state index contributed by atoms with van der Waals surface area (Å²) in [4.78, 5) is 47.9. The Kier molecular flexibility index (Phi) is 7.53. The van der Waals surface area contributed by atoms with Crippen LogP contribution in [0.2, 0.25) is 0 Å². The molecule has 0 bridgehead atoms. The van der Waals surface area contributed by atoms with Gasteiger partial charge < -0.3 is 25.4 Å². The molecule has 1 aliphatic heterocycles. The van der Waals surface area contributed by atoms with E-state index in [1.807, 2.05) is 6.07 Å². The lowest BCUT2D eigenvalue weighted by Crippen LogP contribution is -2.50. The highest BCUT2D eigenvalue weighted by atomic mass is 16.5. The standard InChI is InChI=1S/C20H23N3O6/c1-4-28-19(26)17-12(2)21-20(27)23-16(17)11-29-18(25)15(22-13(3)24)10-14-8-6-5-7-9-14/h5-10,12H,4,11H2,1-3H3,(H,22,24)(H2,21,23,27)/b15-10-/t12-/m0/s1. The molecule has 0 saturated heterocycles. The first-order valence-corrected chi connectivity index (χ1v) is 9.01. The Balaban J connectivity index is 2.23. The monoisotopic (exact) mass is 401 g/mol. The molecule has 9 nitrogen and oxygen atoms in total. The molecule has 0 aliphatic carbocycles. The summed E-state index contributed by atoms with van der Waals surface area (Å²) in [5, 5.41) is 7.44. The lowest BCUT2D eigenvalue weighted by atomic mass is 10.0. The Bertz CT molecular complexity index is 860. The number of amides is 3. The van der Waals surface area contributed by atoms with E-state index in [-0.39, 0.29) is 30.2 Å². The van der Waals surface area contributed by atoms with Crippen molar-refractivity contribution in [1.29, 1.82) is 0 Å². The van der Waals surface area contributed by atoms with Crippen molar-refractivity contribution >= 4 is 30.0 Å². The summed E-state index contributed by atoms with van der Waals surface area (Å²) < 4.78 is 10.2. The van der Waals surface area contributed by atoms with Gasteiger partial charge in [0.15, 0.2) is 0 Å². The number of hydrogen-bond acceptors (Lipinski definition) is 6. The van der Waals surface area contributed by atoms with Crippen LogP contribution >= 0.6 is 0 Å². The van der Waals surface area contributed by atoms with Crippen LogP contribution in [-0.4, -0.2) is 43.1 Å². The van der Waals surface area contributed by atoms with Crippen LogP contribution in [0.1, 0.15) is 26.3 Å². The molecule has 0 radical (unpaired) electrons. The molecule has 3 amide bonds. The Morgan fingerprint density at radius 3 is 2.48 bits per heavy atom. The van der Waals surface area contributed by atoms with Gasteiger partial charge in [0.05, 0.1) is 23.9 Å². The molecule has 154 valence electrons. The van der Waals surface area contributed by atoms with Gasteiger partial charge in [0.2, 0.25) is 5.91 Å². The third kappa shape index (κ3) is 6.20. The molecule has 0 unspecified atom stereocenters. The number of carbonyl (C=O) groups excluding carboxylic acids is 4. The molecule has 29 heavy (non-hydrogen) atoms. The predicted octanol–water partition coefficient (Wildman–Crippen LogP) is 1.23. The highest BCUT2D eigenvalue weighted by Gasteiger charge is 2.30. The summed E-state index contributed by atoms with van der Waals surface area (Å²) in [5.74, 6) is -1.89. The summed E-state index contributed by atoms with van der Waals surface area (Å²) in [5.41, 5.74) is 0.890. The highest BCUT2D eigenvalue weighted by molar-refractivity contribution is 5.98. The molecule has 9 heteroatoms. The molecule has 0 saturated carbocycles. The number of benzene rings is 1. The number of hydrogen-bond donors (Lipinski definition) is 3. The van der Waals surface area contributed by atoms with Gasteiger partial charge in [-0.25, -0.2) is 14.4 Å². The second-order valence-corrected chi connectivity index (χ2v) is 6.16. The molecule has 0 fully saturated rings. The minimum atomic E-state index is -0.819. The first kappa shape index (κ1) is 21.7. The number of carbonyl (C=O) groups is 4. The van der Waals surface area contributed by atoms with E-state index >= 15 is 0 Å². The summed E-state index contributed by atoms with van der Waals surface area (Å²) in [7, 11) is 0. The van der Waals surface area contributed by atoms with Gasteiger partial charge in [-0.1, -0.05) is 30.3 Å². The van der Waals surface area contributed by atoms with E-state index in [1.54, 1.807) is 38.1 Å². The fourth-order valence-electron chi connectivity index (χ4n) is 2.66. The SMILES string of the molecule is CCOC(=O)C1=C(COC(=O)/C(=C/c2ccccc2)NC(C)=O)NC(=O)N[C@H]1C. The topological polar surface area (TPSA) is 123 Å². The van der Waals surface area contributed by atoms with Crippen LogP contribution in [0.3, 0.4) is 0 Å². The number of esters is 2. The van der Waals surface area contributed by atoms with Gasteiger partial charge >= 0.3 is 18.0 Å². The summed E-state index contributed by atoms with van der Waals surface area (Å²) in [6, 6.07) is 7.74. The second kappa shape index (κ2) is 10.1. The summed E-state index contributed by atoms with van der Waals surface area (Å²) in [6.45, 7) is 4.32. The average molecular weight is 401 g/mol. The lowest BCUT2D eigenvalue weighted by molar-refractivity contribution is -0.141. The van der Waals surface area contributed by atoms with Gasteiger partial charge in [-0.15, -0.1) is 0 Å². The van der Waals surface area contributed by atoms with Gasteiger partial charge in [-0.05, 0) is 25.5 Å². The number of rotatable bonds is 7. The Morgan fingerprint density at radius 2 is 1.86 bits per heavy atom. The molecule has 1 aromatic rings. The quantitative estimate of drug-likeness (QED) is 0.466. The van der Waals surface area contributed by atoms with Crippen LogP contribution < -0.4 is 16.0 Å². The van der Waals surface area contributed by atoms with Gasteiger partial charge in [0.25, 0.3) is 0 Å². The van der Waals surface area contributed by atoms with E-state index in [1.165, 1.54) is 13.0 Å². The lowest BCUT2D eigenvalue weighted by Gasteiger charge is -2.26. The first-order valence-electron chi connectivity index (χ1n) is 9.01. The number of urea groups is 1. The third-order valence-corrected chi connectivity index (χ3v) is 3.85. The summed E-state index contributed by atoms with van der Waals surface area (Å²) in [6.07, 6.45) is 1.47. The summed E-state index contributed by atoms with van der Waals surface area (Å²) >= 11 is 0. The fraction of sp³-hybridized carbons (Fsp3) is 0.300. The predicted molar refractivity (Wildman–Crippen MR) is 104 cm³/mol. The molecule has 0 aromatic heterocycles. The third-order valence-electron chi connectivity index (χ3n) is 3.85. The van der Waals surface area contributed by atoms with Gasteiger partial charge in [0, 0.05) is 6.92 Å². The largest absolute Gasteiger partial charge is 0.463 e. The minimum absolute atomic E-state index is 0.0738. The smallest absolute Gasteiger partial charge is 0.355 e. The molecule has 1 aliphatic rings. The van der Waals surface area contributed by atoms with Crippen LogP contribution in [0.5, 0.6) is 0 Å². The van der Waals surface area contributed by atoms with E-state index in [2.05, 4.69) is 16.0 Å². The molecule has 2 rings (SSSR count). The van der Waals surface area contributed by atoms with Crippen molar-refractivity contribution < 1.29 is 28.7 Å². The zero-order valence-electron chi connectivity index (χ0n) is 16.4. The van der Waals surface area contributed by atoms with Gasteiger partial charge in [0.1, 0.15) is 12.3 Å². The van der Waals surface area contributed by atoms with E-state index < -0.39 is 29.9 Å². The van der Waals surface area contributed by atoms with Crippen molar-refractivity contribution in [2.45, 2.75) is 26.8 Å². The fourth-order valence-corrected chi connectivity index (χ4v) is 2.66. The zero-order valence-corrected chi connectivity index (χ0v) is 16.4. The van der Waals surface area contributed by atoms with Gasteiger partial charge in [-0.3, -0.25) is 4.79 Å². The Hall–Kier alpha value is -3.62. The van der Waals surface area contributed by atoms with E-state index in [0.29, 0.717) is 5.56 Å².